The van der Waals surface area contributed by atoms with Crippen molar-refractivity contribution < 1.29 is 14.5 Å². The van der Waals surface area contributed by atoms with E-state index in [1.54, 1.807) is 24.3 Å². The third kappa shape index (κ3) is 1.57. The summed E-state index contributed by atoms with van der Waals surface area (Å²) >= 11 is 0. The first-order valence-corrected chi connectivity index (χ1v) is 7.57. The molecule has 0 aromatic heterocycles. The van der Waals surface area contributed by atoms with E-state index < -0.39 is 21.9 Å². The number of nitrogens with one attached hydrogen (secondary N) is 2. The summed E-state index contributed by atoms with van der Waals surface area (Å²) in [5.41, 5.74) is 5.14. The molecule has 0 saturated heterocycles. The second-order valence-electron chi connectivity index (χ2n) is 6.02. The van der Waals surface area contributed by atoms with E-state index >= 15 is 0 Å². The molecule has 1 spiro atoms. The molecule has 122 valence electrons. The number of para-hydroxylation sites is 1. The number of ketones is 1. The number of benzene rings is 1. The number of carbonyl (C=O) groups excluding carboxylic acids is 2. The van der Waals surface area contributed by atoms with E-state index in [0.717, 1.165) is 0 Å². The molecule has 8 nitrogen and oxygen atoms in total. The number of nitrogens with zero attached hydrogens (tertiary/aromatic N) is 1. The molecule has 2 aliphatic heterocycles. The Labute approximate surface area is 136 Å². The fourth-order valence-corrected chi connectivity index (χ4v) is 3.92. The SMILES string of the molecule is NC1=C([N+](=O)[O-])[C@@]2(C(=O)Nc3ccccc32)C2=C(CCCC2=O)N1. The highest BCUT2D eigenvalue weighted by Crippen LogP contribution is 2.52. The minimum atomic E-state index is -1.79. The molecule has 4 rings (SSSR count). The molecule has 1 amide bonds. The van der Waals surface area contributed by atoms with Gasteiger partial charge in [0.1, 0.15) is 0 Å². The van der Waals surface area contributed by atoms with Gasteiger partial charge in [-0.3, -0.25) is 19.7 Å². The molecule has 2 heterocycles. The molecule has 0 saturated carbocycles. The van der Waals surface area contributed by atoms with Crippen LogP contribution in [0.5, 0.6) is 0 Å². The fraction of sp³-hybridized carbons (Fsp3) is 0.250. The van der Waals surface area contributed by atoms with Crippen LogP contribution in [0, 0.1) is 10.1 Å². The lowest BCUT2D eigenvalue weighted by Gasteiger charge is -2.35. The third-order valence-electron chi connectivity index (χ3n) is 4.78. The van der Waals surface area contributed by atoms with Crippen LogP contribution in [0.4, 0.5) is 5.69 Å². The van der Waals surface area contributed by atoms with E-state index in [1.165, 1.54) is 0 Å². The normalized spacial score (nSPS) is 25.3. The van der Waals surface area contributed by atoms with Gasteiger partial charge < -0.3 is 16.4 Å². The van der Waals surface area contributed by atoms with Gasteiger partial charge in [0.15, 0.2) is 11.6 Å². The van der Waals surface area contributed by atoms with Gasteiger partial charge in [0.25, 0.3) is 5.91 Å². The molecule has 0 bridgehead atoms. The van der Waals surface area contributed by atoms with Gasteiger partial charge in [0.05, 0.1) is 4.92 Å². The molecular formula is C16H14N4O4. The van der Waals surface area contributed by atoms with Gasteiger partial charge in [-0.2, -0.15) is 0 Å². The van der Waals surface area contributed by atoms with Crippen LogP contribution in [0.3, 0.4) is 0 Å². The van der Waals surface area contributed by atoms with Crippen LogP contribution in [-0.4, -0.2) is 16.6 Å². The van der Waals surface area contributed by atoms with Crippen LogP contribution in [0.25, 0.3) is 0 Å². The van der Waals surface area contributed by atoms with Gasteiger partial charge in [-0.25, -0.2) is 0 Å². The van der Waals surface area contributed by atoms with Crippen LogP contribution in [0.1, 0.15) is 24.8 Å². The summed E-state index contributed by atoms with van der Waals surface area (Å²) in [5, 5.41) is 17.2. The number of hydrogen-bond acceptors (Lipinski definition) is 6. The molecule has 3 aliphatic rings. The number of allylic oxidation sites excluding steroid dienone is 1. The minimum Gasteiger partial charge on any atom is -0.380 e. The number of nitrogens with two attached hydrogens (primary N) is 1. The highest BCUT2D eigenvalue weighted by molar-refractivity contribution is 6.18. The third-order valence-corrected chi connectivity index (χ3v) is 4.78. The average molecular weight is 326 g/mol. The number of Topliss-reactive ketones (excluding diaryl/α,β-unsaturated/α-hetero) is 1. The average Bonchev–Trinajstić information content (AvgIpc) is 2.80. The summed E-state index contributed by atoms with van der Waals surface area (Å²) in [6.07, 6.45) is 1.39. The maximum Gasteiger partial charge on any atom is 0.310 e. The quantitative estimate of drug-likeness (QED) is 0.519. The Morgan fingerprint density at radius 1 is 1.17 bits per heavy atom. The minimum absolute atomic E-state index is 0.150. The standard InChI is InChI=1S/C16H14N4O4/c17-14-13(20(23)24)16(12-10(18-14)6-3-7-11(12)21)8-4-1-2-5-9(8)19-15(16)22/h1-2,4-5,18H,3,6-7,17H2,(H,19,22)/t16-/m0/s1. The first-order chi connectivity index (χ1) is 11.5. The number of amides is 1. The van der Waals surface area contributed by atoms with Crippen molar-refractivity contribution in [1.82, 2.24) is 5.32 Å². The Kier molecular flexibility index (Phi) is 2.81. The Bertz CT molecular complexity index is 886. The van der Waals surface area contributed by atoms with Crippen molar-refractivity contribution in [3.63, 3.8) is 0 Å². The van der Waals surface area contributed by atoms with Gasteiger partial charge in [0, 0.05) is 28.9 Å². The zero-order valence-corrected chi connectivity index (χ0v) is 12.6. The lowest BCUT2D eigenvalue weighted by molar-refractivity contribution is -0.434. The second-order valence-corrected chi connectivity index (χ2v) is 6.02. The summed E-state index contributed by atoms with van der Waals surface area (Å²) < 4.78 is 0. The van der Waals surface area contributed by atoms with E-state index in [-0.39, 0.29) is 23.6 Å². The molecule has 1 aliphatic carbocycles. The lowest BCUT2D eigenvalue weighted by Crippen LogP contribution is -2.51. The predicted octanol–water partition coefficient (Wildman–Crippen LogP) is 0.891. The van der Waals surface area contributed by atoms with Crippen molar-refractivity contribution in [2.45, 2.75) is 24.7 Å². The van der Waals surface area contributed by atoms with E-state index in [9.17, 15) is 19.7 Å². The smallest absolute Gasteiger partial charge is 0.310 e. The molecule has 1 aromatic carbocycles. The number of dihydropyridines is 1. The van der Waals surface area contributed by atoms with Crippen molar-refractivity contribution in [3.05, 3.63) is 62.7 Å². The largest absolute Gasteiger partial charge is 0.380 e. The highest BCUT2D eigenvalue weighted by Gasteiger charge is 2.64. The zero-order chi connectivity index (χ0) is 17.1. The maximum absolute atomic E-state index is 12.9. The Hall–Kier alpha value is -3.16. The molecule has 24 heavy (non-hydrogen) atoms. The van der Waals surface area contributed by atoms with Crippen LogP contribution in [0.15, 0.2) is 47.1 Å². The zero-order valence-electron chi connectivity index (χ0n) is 12.6. The van der Waals surface area contributed by atoms with Crippen LogP contribution >= 0.6 is 0 Å². The van der Waals surface area contributed by atoms with Crippen molar-refractivity contribution in [1.29, 1.82) is 0 Å². The molecule has 4 N–H and O–H groups in total. The maximum atomic E-state index is 12.9. The van der Waals surface area contributed by atoms with E-state index in [4.69, 9.17) is 5.73 Å². The van der Waals surface area contributed by atoms with E-state index in [0.29, 0.717) is 29.8 Å². The second kappa shape index (κ2) is 4.67. The van der Waals surface area contributed by atoms with Crippen molar-refractivity contribution in [2.24, 2.45) is 5.73 Å². The predicted molar refractivity (Wildman–Crippen MR) is 84.0 cm³/mol. The fourth-order valence-electron chi connectivity index (χ4n) is 3.92. The summed E-state index contributed by atoms with van der Waals surface area (Å²) in [4.78, 5) is 36.7. The van der Waals surface area contributed by atoms with E-state index in [1.807, 2.05) is 0 Å². The monoisotopic (exact) mass is 326 g/mol. The molecular weight excluding hydrogens is 312 g/mol. The Balaban J connectivity index is 2.13. The number of fused-ring (bicyclic) bond motifs is 3. The summed E-state index contributed by atoms with van der Waals surface area (Å²) in [6.45, 7) is 0. The highest BCUT2D eigenvalue weighted by atomic mass is 16.6. The molecule has 0 unspecified atom stereocenters. The molecule has 0 fully saturated rings. The number of nitro groups is 1. The summed E-state index contributed by atoms with van der Waals surface area (Å²) in [7, 11) is 0. The molecule has 8 heteroatoms. The number of rotatable bonds is 1. The van der Waals surface area contributed by atoms with Crippen molar-refractivity contribution >= 4 is 17.4 Å². The van der Waals surface area contributed by atoms with Crippen LogP contribution in [0.2, 0.25) is 0 Å². The Morgan fingerprint density at radius 2 is 1.92 bits per heavy atom. The van der Waals surface area contributed by atoms with Gasteiger partial charge >= 0.3 is 5.70 Å². The topological polar surface area (TPSA) is 127 Å². The van der Waals surface area contributed by atoms with Crippen molar-refractivity contribution in [2.75, 3.05) is 5.32 Å². The van der Waals surface area contributed by atoms with Crippen LogP contribution < -0.4 is 16.4 Å². The molecule has 1 atom stereocenters. The van der Waals surface area contributed by atoms with Crippen molar-refractivity contribution in [3.8, 4) is 0 Å². The number of hydrogen-bond donors (Lipinski definition) is 3. The number of carbonyl (C=O) groups is 2. The summed E-state index contributed by atoms with van der Waals surface area (Å²) in [5.74, 6) is -1.06. The number of anilines is 1. The Morgan fingerprint density at radius 3 is 2.67 bits per heavy atom. The molecule has 1 aromatic rings. The lowest BCUT2D eigenvalue weighted by atomic mass is 9.66. The summed E-state index contributed by atoms with van der Waals surface area (Å²) in [6, 6.07) is 6.69. The van der Waals surface area contributed by atoms with Gasteiger partial charge in [-0.1, -0.05) is 18.2 Å². The first kappa shape index (κ1) is 14.4. The molecule has 0 radical (unpaired) electrons. The van der Waals surface area contributed by atoms with E-state index in [2.05, 4.69) is 10.6 Å². The van der Waals surface area contributed by atoms with Gasteiger partial charge in [-0.15, -0.1) is 0 Å². The first-order valence-electron chi connectivity index (χ1n) is 7.57. The van der Waals surface area contributed by atoms with Gasteiger partial charge in [0.2, 0.25) is 5.41 Å². The van der Waals surface area contributed by atoms with Gasteiger partial charge in [-0.05, 0) is 18.9 Å². The van der Waals surface area contributed by atoms with Crippen LogP contribution in [-0.2, 0) is 15.0 Å².